The molecule has 8 heteroatoms. The summed E-state index contributed by atoms with van der Waals surface area (Å²) in [5, 5.41) is 8.56. The fourth-order valence-electron chi connectivity index (χ4n) is 3.87. The third kappa shape index (κ3) is 4.22. The lowest BCUT2D eigenvalue weighted by atomic mass is 10.1. The number of aromatic nitrogens is 4. The predicted octanol–water partition coefficient (Wildman–Crippen LogP) is 4.01. The Morgan fingerprint density at radius 3 is 2.75 bits per heavy atom. The highest BCUT2D eigenvalue weighted by Crippen LogP contribution is 2.31. The SMILES string of the molecule is CCOc1ccc2nc(-c3cccc(N4CCOCC4)c3)nc(Nc3cnn(C)c3)c2c1. The van der Waals surface area contributed by atoms with E-state index in [1.54, 1.807) is 10.9 Å². The number of ether oxygens (including phenoxy) is 2. The molecule has 0 saturated carbocycles. The molecule has 5 rings (SSSR count). The Hall–Kier alpha value is -3.65. The first-order valence-corrected chi connectivity index (χ1v) is 10.8. The Morgan fingerprint density at radius 1 is 1.09 bits per heavy atom. The van der Waals surface area contributed by atoms with Gasteiger partial charge in [0, 0.05) is 43.0 Å². The molecule has 2 aromatic heterocycles. The number of aryl methyl sites for hydroxylation is 1. The van der Waals surface area contributed by atoms with Gasteiger partial charge < -0.3 is 19.7 Å². The van der Waals surface area contributed by atoms with Gasteiger partial charge in [0.05, 0.1) is 37.2 Å². The van der Waals surface area contributed by atoms with E-state index in [1.165, 1.54) is 0 Å². The second-order valence-electron chi connectivity index (χ2n) is 7.69. The summed E-state index contributed by atoms with van der Waals surface area (Å²) in [6.07, 6.45) is 3.69. The van der Waals surface area contributed by atoms with Crippen molar-refractivity contribution in [1.82, 2.24) is 19.7 Å². The molecule has 0 radical (unpaired) electrons. The summed E-state index contributed by atoms with van der Waals surface area (Å²) in [5.41, 5.74) is 3.84. The third-order valence-electron chi connectivity index (χ3n) is 5.43. The molecule has 0 amide bonds. The molecule has 0 bridgehead atoms. The maximum atomic E-state index is 5.71. The van der Waals surface area contributed by atoms with Gasteiger partial charge >= 0.3 is 0 Å². The summed E-state index contributed by atoms with van der Waals surface area (Å²) in [5.74, 6) is 2.18. The number of rotatable bonds is 6. The van der Waals surface area contributed by atoms with Crippen LogP contribution in [0, 0.1) is 0 Å². The van der Waals surface area contributed by atoms with Gasteiger partial charge in [0.1, 0.15) is 11.6 Å². The van der Waals surface area contributed by atoms with Crippen LogP contribution < -0.4 is 15.0 Å². The number of fused-ring (bicyclic) bond motifs is 1. The molecule has 1 N–H and O–H groups in total. The Bertz CT molecular complexity index is 1230. The lowest BCUT2D eigenvalue weighted by Gasteiger charge is -2.29. The Labute approximate surface area is 186 Å². The molecule has 0 spiro atoms. The third-order valence-corrected chi connectivity index (χ3v) is 5.43. The van der Waals surface area contributed by atoms with E-state index in [-0.39, 0.29) is 0 Å². The minimum absolute atomic E-state index is 0.601. The molecule has 8 nitrogen and oxygen atoms in total. The number of nitrogens with one attached hydrogen (secondary N) is 1. The van der Waals surface area contributed by atoms with Gasteiger partial charge in [0.15, 0.2) is 5.82 Å². The van der Waals surface area contributed by atoms with Gasteiger partial charge in [0.2, 0.25) is 0 Å². The molecule has 1 saturated heterocycles. The normalized spacial score (nSPS) is 14.0. The van der Waals surface area contributed by atoms with E-state index in [0.29, 0.717) is 12.4 Å². The average molecular weight is 431 g/mol. The second-order valence-corrected chi connectivity index (χ2v) is 7.69. The van der Waals surface area contributed by atoms with Gasteiger partial charge in [-0.05, 0) is 37.3 Å². The van der Waals surface area contributed by atoms with Crippen LogP contribution in [0.4, 0.5) is 17.2 Å². The first kappa shape index (κ1) is 20.3. The molecule has 0 unspecified atom stereocenters. The summed E-state index contributed by atoms with van der Waals surface area (Å²) in [7, 11) is 1.89. The maximum Gasteiger partial charge on any atom is 0.162 e. The van der Waals surface area contributed by atoms with Gasteiger partial charge in [-0.25, -0.2) is 9.97 Å². The van der Waals surface area contributed by atoms with Crippen molar-refractivity contribution in [2.75, 3.05) is 43.1 Å². The first-order chi connectivity index (χ1) is 15.7. The first-order valence-electron chi connectivity index (χ1n) is 10.8. The number of benzene rings is 2. The lowest BCUT2D eigenvalue weighted by Crippen LogP contribution is -2.36. The molecular formula is C24H26N6O2. The molecule has 164 valence electrons. The van der Waals surface area contributed by atoms with Crippen LogP contribution >= 0.6 is 0 Å². The average Bonchev–Trinajstić information content (AvgIpc) is 3.24. The Morgan fingerprint density at radius 2 is 1.97 bits per heavy atom. The maximum absolute atomic E-state index is 5.71. The summed E-state index contributed by atoms with van der Waals surface area (Å²) >= 11 is 0. The van der Waals surface area contributed by atoms with Gasteiger partial charge in [-0.3, -0.25) is 4.68 Å². The predicted molar refractivity (Wildman–Crippen MR) is 126 cm³/mol. The number of hydrogen-bond donors (Lipinski definition) is 1. The van der Waals surface area contributed by atoms with Crippen molar-refractivity contribution in [1.29, 1.82) is 0 Å². The highest BCUT2D eigenvalue weighted by Gasteiger charge is 2.15. The van der Waals surface area contributed by atoms with E-state index >= 15 is 0 Å². The number of morpholine rings is 1. The van der Waals surface area contributed by atoms with Crippen molar-refractivity contribution < 1.29 is 9.47 Å². The molecule has 2 aromatic carbocycles. The van der Waals surface area contributed by atoms with Crippen LogP contribution in [0.3, 0.4) is 0 Å². The smallest absolute Gasteiger partial charge is 0.162 e. The van der Waals surface area contributed by atoms with Gasteiger partial charge in [-0.2, -0.15) is 5.10 Å². The van der Waals surface area contributed by atoms with E-state index in [1.807, 2.05) is 44.4 Å². The van der Waals surface area contributed by atoms with Crippen molar-refractivity contribution in [3.05, 3.63) is 54.9 Å². The van der Waals surface area contributed by atoms with Crippen molar-refractivity contribution in [3.63, 3.8) is 0 Å². The fourth-order valence-corrected chi connectivity index (χ4v) is 3.87. The standard InChI is InChI=1S/C24H26N6O2/c1-3-32-20-7-8-22-21(14-20)24(26-18-15-25-29(2)16-18)28-23(27-22)17-5-4-6-19(13-17)30-9-11-31-12-10-30/h4-8,13-16H,3,9-12H2,1-2H3,(H,26,27,28). The zero-order chi connectivity index (χ0) is 21.9. The van der Waals surface area contributed by atoms with Gasteiger partial charge in [-0.15, -0.1) is 0 Å². The van der Waals surface area contributed by atoms with Crippen LogP contribution in [0.1, 0.15) is 6.92 Å². The van der Waals surface area contributed by atoms with Crippen LogP contribution in [-0.2, 0) is 11.8 Å². The summed E-state index contributed by atoms with van der Waals surface area (Å²) in [4.78, 5) is 12.1. The molecule has 1 aliphatic rings. The van der Waals surface area contributed by atoms with E-state index in [2.05, 4.69) is 33.5 Å². The van der Waals surface area contributed by atoms with E-state index in [4.69, 9.17) is 19.4 Å². The number of anilines is 3. The zero-order valence-electron chi connectivity index (χ0n) is 18.3. The molecule has 4 aromatic rings. The van der Waals surface area contributed by atoms with Crippen LogP contribution in [0.5, 0.6) is 5.75 Å². The fraction of sp³-hybridized carbons (Fsp3) is 0.292. The number of nitrogens with zero attached hydrogens (tertiary/aromatic N) is 5. The van der Waals surface area contributed by atoms with Gasteiger partial charge in [-0.1, -0.05) is 12.1 Å². The second kappa shape index (κ2) is 8.84. The van der Waals surface area contributed by atoms with Crippen LogP contribution in [0.2, 0.25) is 0 Å². The van der Waals surface area contributed by atoms with Crippen molar-refractivity contribution in [2.24, 2.45) is 7.05 Å². The van der Waals surface area contributed by atoms with Crippen LogP contribution in [0.25, 0.3) is 22.3 Å². The van der Waals surface area contributed by atoms with E-state index in [9.17, 15) is 0 Å². The highest BCUT2D eigenvalue weighted by molar-refractivity contribution is 5.93. The molecule has 0 aliphatic carbocycles. The summed E-state index contributed by atoms with van der Waals surface area (Å²) in [6, 6.07) is 14.3. The van der Waals surface area contributed by atoms with Crippen molar-refractivity contribution in [3.8, 4) is 17.1 Å². The molecule has 1 aliphatic heterocycles. The molecule has 1 fully saturated rings. The molecule has 3 heterocycles. The zero-order valence-corrected chi connectivity index (χ0v) is 18.3. The lowest BCUT2D eigenvalue weighted by molar-refractivity contribution is 0.122. The Balaban J connectivity index is 1.58. The van der Waals surface area contributed by atoms with Crippen molar-refractivity contribution in [2.45, 2.75) is 6.92 Å². The molecule has 32 heavy (non-hydrogen) atoms. The van der Waals surface area contributed by atoms with Crippen molar-refractivity contribution >= 4 is 28.1 Å². The molecule has 0 atom stereocenters. The van der Waals surface area contributed by atoms with E-state index < -0.39 is 0 Å². The largest absolute Gasteiger partial charge is 0.494 e. The highest BCUT2D eigenvalue weighted by atomic mass is 16.5. The van der Waals surface area contributed by atoms with Crippen LogP contribution in [-0.4, -0.2) is 52.7 Å². The minimum atomic E-state index is 0.601. The quantitative estimate of drug-likeness (QED) is 0.495. The minimum Gasteiger partial charge on any atom is -0.494 e. The summed E-state index contributed by atoms with van der Waals surface area (Å²) < 4.78 is 13.0. The van der Waals surface area contributed by atoms with E-state index in [0.717, 1.165) is 65.7 Å². The topological polar surface area (TPSA) is 77.3 Å². The number of hydrogen-bond acceptors (Lipinski definition) is 7. The van der Waals surface area contributed by atoms with Gasteiger partial charge in [0.25, 0.3) is 0 Å². The molecular weight excluding hydrogens is 404 g/mol. The monoisotopic (exact) mass is 430 g/mol. The Kier molecular flexibility index (Phi) is 5.60. The van der Waals surface area contributed by atoms with Crippen LogP contribution in [0.15, 0.2) is 54.9 Å². The summed E-state index contributed by atoms with van der Waals surface area (Å²) in [6.45, 7) is 5.84.